The van der Waals surface area contributed by atoms with Crippen LogP contribution < -0.4 is 10.5 Å². The molecule has 1 N–H and O–H groups in total. The van der Waals surface area contributed by atoms with E-state index in [0.29, 0.717) is 22.5 Å². The average Bonchev–Trinajstić information content (AvgIpc) is 3.28. The number of ketones is 1. The number of rotatable bonds is 4. The Morgan fingerprint density at radius 3 is 2.11 bits per heavy atom. The molecule has 0 spiro atoms. The molecule has 0 aliphatic carbocycles. The first-order valence-electron chi connectivity index (χ1n) is 11.7. The molecule has 3 aromatic carbocycles. The van der Waals surface area contributed by atoms with Gasteiger partial charge >= 0.3 is 0 Å². The summed E-state index contributed by atoms with van der Waals surface area (Å²) in [6.45, 7) is 3.65. The van der Waals surface area contributed by atoms with Crippen molar-refractivity contribution in [1.29, 1.82) is 0 Å². The maximum absolute atomic E-state index is 13.8. The van der Waals surface area contributed by atoms with E-state index in [1.807, 2.05) is 37.3 Å². The zero-order chi connectivity index (χ0) is 26.4. The molecule has 1 aliphatic heterocycles. The molecule has 1 atom stereocenters. The molecule has 0 radical (unpaired) electrons. The fraction of sp³-hybridized carbons (Fsp3) is 0.138. The summed E-state index contributed by atoms with van der Waals surface area (Å²) in [5, 5.41) is 11.3. The number of aryl methyl sites for hydroxylation is 1. The Morgan fingerprint density at radius 2 is 1.49 bits per heavy atom. The Kier molecular flexibility index (Phi) is 6.21. The number of hydrogen-bond acceptors (Lipinski definition) is 4. The van der Waals surface area contributed by atoms with Crippen LogP contribution in [0.5, 0.6) is 0 Å². The van der Waals surface area contributed by atoms with Crippen molar-refractivity contribution in [2.75, 3.05) is 4.90 Å². The molecule has 2 heterocycles. The largest absolute Gasteiger partial charge is 0.507 e. The molecular weight excluding hydrogens is 534 g/mol. The third-order valence-corrected chi connectivity index (χ3v) is 7.25. The lowest BCUT2D eigenvalue weighted by Gasteiger charge is -2.24. The van der Waals surface area contributed by atoms with Crippen molar-refractivity contribution in [3.63, 3.8) is 0 Å². The second-order valence-corrected chi connectivity index (χ2v) is 9.91. The van der Waals surface area contributed by atoms with Crippen LogP contribution in [0.3, 0.4) is 0 Å². The number of aliphatic hydroxyl groups excluding tert-OH is 1. The molecule has 8 heteroatoms. The summed E-state index contributed by atoms with van der Waals surface area (Å²) < 4.78 is 3.93. The van der Waals surface area contributed by atoms with E-state index in [1.165, 1.54) is 9.58 Å². The number of para-hydroxylation sites is 1. The Balaban J connectivity index is 1.78. The molecule has 0 saturated carbocycles. The van der Waals surface area contributed by atoms with Gasteiger partial charge in [0, 0.05) is 17.1 Å². The predicted molar refractivity (Wildman–Crippen MR) is 146 cm³/mol. The molecule has 186 valence electrons. The number of carbonyl (C=O) groups is 2. The number of nitrogens with zero attached hydrogens (tertiary/aromatic N) is 3. The van der Waals surface area contributed by atoms with Crippen LogP contribution in [0.4, 0.5) is 5.69 Å². The Hall–Kier alpha value is -4.17. The van der Waals surface area contributed by atoms with Crippen molar-refractivity contribution < 1.29 is 14.7 Å². The van der Waals surface area contributed by atoms with Crippen LogP contribution in [-0.4, -0.2) is 26.2 Å². The lowest BCUT2D eigenvalue weighted by Crippen LogP contribution is -2.34. The smallest absolute Gasteiger partial charge is 0.300 e. The normalized spacial score (nSPS) is 17.0. The summed E-state index contributed by atoms with van der Waals surface area (Å²) in [4.78, 5) is 42.1. The summed E-state index contributed by atoms with van der Waals surface area (Å²) in [6.07, 6.45) is 0. The topological polar surface area (TPSA) is 84.5 Å². The second-order valence-electron chi connectivity index (χ2n) is 9.00. The molecule has 7 nitrogen and oxygen atoms in total. The average molecular weight is 558 g/mol. The Morgan fingerprint density at radius 1 is 0.865 bits per heavy atom. The van der Waals surface area contributed by atoms with Crippen LogP contribution in [0.1, 0.15) is 28.4 Å². The summed E-state index contributed by atoms with van der Waals surface area (Å²) in [5.41, 5.74) is 2.71. The number of halogens is 1. The van der Waals surface area contributed by atoms with Gasteiger partial charge in [0.25, 0.3) is 17.2 Å². The highest BCUT2D eigenvalue weighted by molar-refractivity contribution is 9.10. The minimum atomic E-state index is -0.993. The number of Topliss-reactive ketones (excluding diaryl/α,β-unsaturated/α-hetero) is 1. The monoisotopic (exact) mass is 557 g/mol. The highest BCUT2D eigenvalue weighted by atomic mass is 79.9. The number of hydrogen-bond donors (Lipinski definition) is 1. The second kappa shape index (κ2) is 9.37. The van der Waals surface area contributed by atoms with Crippen LogP contribution in [0.25, 0.3) is 11.4 Å². The van der Waals surface area contributed by atoms with E-state index in [4.69, 9.17) is 0 Å². The molecule has 1 aromatic heterocycles. The number of amides is 1. The lowest BCUT2D eigenvalue weighted by molar-refractivity contribution is -0.132. The van der Waals surface area contributed by atoms with Gasteiger partial charge in [-0.15, -0.1) is 0 Å². The molecule has 37 heavy (non-hydrogen) atoms. The molecule has 4 aromatic rings. The van der Waals surface area contributed by atoms with E-state index in [2.05, 4.69) is 15.9 Å². The first-order valence-corrected chi connectivity index (χ1v) is 12.5. The standard InChI is InChI=1S/C29H24BrN3O4/c1-17-9-11-20(12-10-17)26(34)23-25(19-13-15-21(30)16-14-19)32(29(37)27(23)35)24-18(2)31(3)33(28(24)36)22-7-5-4-6-8-22/h4-16,25,34H,1-3H3/t25-/m0/s1. The SMILES string of the molecule is Cc1ccc(C(O)=C2C(=O)C(=O)N(c3c(C)n(C)n(-c4ccccc4)c3=O)[C@H]2c2ccc(Br)cc2)cc1. The molecular formula is C29H24BrN3O4. The van der Waals surface area contributed by atoms with Crippen molar-refractivity contribution in [3.05, 3.63) is 122 Å². The van der Waals surface area contributed by atoms with Crippen LogP contribution in [0.15, 0.2) is 93.7 Å². The minimum Gasteiger partial charge on any atom is -0.507 e. The van der Waals surface area contributed by atoms with Crippen LogP contribution in [0.2, 0.25) is 0 Å². The van der Waals surface area contributed by atoms with Crippen molar-refractivity contribution in [2.45, 2.75) is 19.9 Å². The van der Waals surface area contributed by atoms with Crippen molar-refractivity contribution in [2.24, 2.45) is 7.05 Å². The van der Waals surface area contributed by atoms with Gasteiger partial charge < -0.3 is 5.11 Å². The van der Waals surface area contributed by atoms with Gasteiger partial charge in [-0.2, -0.15) is 0 Å². The third kappa shape index (κ3) is 4.03. The highest BCUT2D eigenvalue weighted by Crippen LogP contribution is 2.42. The number of aliphatic hydroxyl groups is 1. The van der Waals surface area contributed by atoms with Crippen LogP contribution >= 0.6 is 15.9 Å². The fourth-order valence-corrected chi connectivity index (χ4v) is 4.99. The van der Waals surface area contributed by atoms with Gasteiger partial charge in [-0.05, 0) is 43.7 Å². The highest BCUT2D eigenvalue weighted by Gasteiger charge is 2.49. The molecule has 0 unspecified atom stereocenters. The predicted octanol–water partition coefficient (Wildman–Crippen LogP) is 5.18. The summed E-state index contributed by atoms with van der Waals surface area (Å²) in [5.74, 6) is -2.00. The molecule has 5 rings (SSSR count). The van der Waals surface area contributed by atoms with E-state index in [0.717, 1.165) is 10.0 Å². The first-order chi connectivity index (χ1) is 17.7. The number of benzene rings is 3. The number of anilines is 1. The fourth-order valence-electron chi connectivity index (χ4n) is 4.72. The Labute approximate surface area is 222 Å². The third-order valence-electron chi connectivity index (χ3n) is 6.72. The molecule has 1 aliphatic rings. The van der Waals surface area contributed by atoms with Crippen molar-refractivity contribution in [3.8, 4) is 5.69 Å². The summed E-state index contributed by atoms with van der Waals surface area (Å²) >= 11 is 3.42. The van der Waals surface area contributed by atoms with Crippen LogP contribution in [-0.2, 0) is 16.6 Å². The van der Waals surface area contributed by atoms with Gasteiger partial charge in [0.05, 0.1) is 23.0 Å². The molecule has 1 fully saturated rings. The van der Waals surface area contributed by atoms with Crippen molar-refractivity contribution in [1.82, 2.24) is 9.36 Å². The van der Waals surface area contributed by atoms with Gasteiger partial charge in [-0.1, -0.05) is 76.1 Å². The number of aromatic nitrogens is 2. The van der Waals surface area contributed by atoms with Crippen LogP contribution in [0, 0.1) is 13.8 Å². The van der Waals surface area contributed by atoms with E-state index in [-0.39, 0.29) is 17.0 Å². The quantitative estimate of drug-likeness (QED) is 0.213. The maximum Gasteiger partial charge on any atom is 0.300 e. The maximum atomic E-state index is 13.8. The summed E-state index contributed by atoms with van der Waals surface area (Å²) in [6, 6.07) is 22.2. The van der Waals surface area contributed by atoms with E-state index in [1.54, 1.807) is 67.2 Å². The molecule has 1 amide bonds. The summed E-state index contributed by atoms with van der Waals surface area (Å²) in [7, 11) is 1.73. The first kappa shape index (κ1) is 24.5. The van der Waals surface area contributed by atoms with E-state index in [9.17, 15) is 19.5 Å². The van der Waals surface area contributed by atoms with Gasteiger partial charge in [-0.3, -0.25) is 24.0 Å². The zero-order valence-corrected chi connectivity index (χ0v) is 22.1. The zero-order valence-electron chi connectivity index (χ0n) is 20.5. The lowest BCUT2D eigenvalue weighted by atomic mass is 9.95. The van der Waals surface area contributed by atoms with Gasteiger partial charge in [-0.25, -0.2) is 4.68 Å². The van der Waals surface area contributed by atoms with E-state index < -0.39 is 23.3 Å². The molecule has 1 saturated heterocycles. The Bertz CT molecular complexity index is 1610. The van der Waals surface area contributed by atoms with Gasteiger partial charge in [0.2, 0.25) is 0 Å². The molecule has 0 bridgehead atoms. The van der Waals surface area contributed by atoms with E-state index >= 15 is 0 Å². The minimum absolute atomic E-state index is 0.0647. The van der Waals surface area contributed by atoms with Crippen molar-refractivity contribution >= 4 is 39.1 Å². The van der Waals surface area contributed by atoms with Gasteiger partial charge in [0.15, 0.2) is 0 Å². The van der Waals surface area contributed by atoms with Gasteiger partial charge in [0.1, 0.15) is 11.4 Å². The number of carbonyl (C=O) groups excluding carboxylic acids is 2.